The summed E-state index contributed by atoms with van der Waals surface area (Å²) < 4.78 is 5.26. The van der Waals surface area contributed by atoms with E-state index in [9.17, 15) is 9.59 Å². The molecule has 2 heterocycles. The van der Waals surface area contributed by atoms with Gasteiger partial charge in [0.05, 0.1) is 12.0 Å². The topological polar surface area (TPSA) is 80.1 Å². The van der Waals surface area contributed by atoms with Crippen LogP contribution >= 0.6 is 0 Å². The standard InChI is InChI=1S/C17H17N3O3/c1-2-3-8-17(19-20-17)9-10-18-15(21)11-14-12-6-4-5-7-13(12)16(22)23-14/h1,4-7,14H,3,8-11H2,(H,18,21). The second-order valence-electron chi connectivity index (χ2n) is 5.67. The van der Waals surface area contributed by atoms with Gasteiger partial charge in [-0.1, -0.05) is 18.2 Å². The van der Waals surface area contributed by atoms with Crippen LogP contribution in [-0.2, 0) is 9.53 Å². The quantitative estimate of drug-likeness (QED) is 0.620. The molecule has 0 spiro atoms. The van der Waals surface area contributed by atoms with Crippen LogP contribution in [-0.4, -0.2) is 24.1 Å². The number of benzene rings is 1. The van der Waals surface area contributed by atoms with Crippen LogP contribution in [0.15, 0.2) is 34.5 Å². The summed E-state index contributed by atoms with van der Waals surface area (Å²) in [6, 6.07) is 7.13. The Morgan fingerprint density at radius 2 is 2.13 bits per heavy atom. The van der Waals surface area contributed by atoms with E-state index in [1.54, 1.807) is 12.1 Å². The van der Waals surface area contributed by atoms with Crippen molar-refractivity contribution in [3.8, 4) is 12.3 Å². The Morgan fingerprint density at radius 3 is 2.87 bits per heavy atom. The van der Waals surface area contributed by atoms with Crippen LogP contribution in [0.2, 0.25) is 0 Å². The van der Waals surface area contributed by atoms with Crippen LogP contribution in [0.3, 0.4) is 0 Å². The number of nitrogens with one attached hydrogen (secondary N) is 1. The molecule has 1 unspecified atom stereocenters. The van der Waals surface area contributed by atoms with E-state index >= 15 is 0 Å². The number of ether oxygens (including phenoxy) is 1. The molecule has 1 amide bonds. The molecule has 23 heavy (non-hydrogen) atoms. The van der Waals surface area contributed by atoms with Crippen LogP contribution in [0.5, 0.6) is 0 Å². The molecule has 6 heteroatoms. The highest BCUT2D eigenvalue weighted by Gasteiger charge is 2.39. The highest BCUT2D eigenvalue weighted by molar-refractivity contribution is 5.94. The van der Waals surface area contributed by atoms with E-state index in [2.05, 4.69) is 21.5 Å². The van der Waals surface area contributed by atoms with Crippen molar-refractivity contribution < 1.29 is 14.3 Å². The van der Waals surface area contributed by atoms with Crippen LogP contribution in [0.25, 0.3) is 0 Å². The lowest BCUT2D eigenvalue weighted by atomic mass is 10.0. The predicted molar refractivity (Wildman–Crippen MR) is 82.5 cm³/mol. The molecule has 1 N–H and O–H groups in total. The second-order valence-corrected chi connectivity index (χ2v) is 5.67. The summed E-state index contributed by atoms with van der Waals surface area (Å²) in [5.41, 5.74) is 0.908. The number of cyclic esters (lactones) is 1. The molecule has 0 bridgehead atoms. The highest BCUT2D eigenvalue weighted by Crippen LogP contribution is 2.36. The fourth-order valence-corrected chi connectivity index (χ4v) is 2.68. The Labute approximate surface area is 134 Å². The fourth-order valence-electron chi connectivity index (χ4n) is 2.68. The largest absolute Gasteiger partial charge is 0.453 e. The second kappa shape index (κ2) is 6.21. The fraction of sp³-hybridized carbons (Fsp3) is 0.412. The molecule has 0 saturated carbocycles. The van der Waals surface area contributed by atoms with E-state index in [0.717, 1.165) is 5.56 Å². The minimum atomic E-state index is -0.510. The molecule has 2 aliphatic rings. The van der Waals surface area contributed by atoms with E-state index in [1.807, 2.05) is 12.1 Å². The number of carbonyl (C=O) groups excluding carboxylic acids is 2. The van der Waals surface area contributed by atoms with Crippen LogP contribution < -0.4 is 5.32 Å². The third kappa shape index (κ3) is 3.39. The first-order valence-electron chi connectivity index (χ1n) is 7.58. The molecule has 3 rings (SSSR count). The van der Waals surface area contributed by atoms with Gasteiger partial charge in [-0.3, -0.25) is 4.79 Å². The Morgan fingerprint density at radius 1 is 1.35 bits per heavy atom. The van der Waals surface area contributed by atoms with E-state index in [4.69, 9.17) is 11.2 Å². The number of amides is 1. The molecular formula is C17H17N3O3. The number of nitrogens with zero attached hydrogens (tertiary/aromatic N) is 2. The third-order valence-electron chi connectivity index (χ3n) is 4.05. The zero-order valence-electron chi connectivity index (χ0n) is 12.6. The van der Waals surface area contributed by atoms with Gasteiger partial charge in [0.2, 0.25) is 5.91 Å². The molecule has 0 fully saturated rings. The molecule has 1 aromatic carbocycles. The number of hydrogen-bond donors (Lipinski definition) is 1. The van der Waals surface area contributed by atoms with Gasteiger partial charge in [-0.15, -0.1) is 12.3 Å². The van der Waals surface area contributed by atoms with Crippen molar-refractivity contribution in [2.45, 2.75) is 37.5 Å². The average Bonchev–Trinajstić information content (AvgIpc) is 3.25. The minimum Gasteiger partial charge on any atom is -0.453 e. The number of carbonyl (C=O) groups is 2. The van der Waals surface area contributed by atoms with Crippen molar-refractivity contribution in [1.29, 1.82) is 0 Å². The number of terminal acetylenes is 1. The molecule has 6 nitrogen and oxygen atoms in total. The van der Waals surface area contributed by atoms with E-state index in [0.29, 0.717) is 31.4 Å². The molecule has 0 aromatic heterocycles. The van der Waals surface area contributed by atoms with Crippen molar-refractivity contribution in [1.82, 2.24) is 5.32 Å². The number of fused-ring (bicyclic) bond motifs is 1. The van der Waals surface area contributed by atoms with Crippen molar-refractivity contribution in [3.05, 3.63) is 35.4 Å². The SMILES string of the molecule is C#CCCC1(CCNC(=O)CC2OC(=O)c3ccccc32)N=N1. The highest BCUT2D eigenvalue weighted by atomic mass is 16.5. The summed E-state index contributed by atoms with van der Waals surface area (Å²) in [6.45, 7) is 0.471. The van der Waals surface area contributed by atoms with Crippen LogP contribution in [0.1, 0.15) is 47.7 Å². The van der Waals surface area contributed by atoms with Gasteiger partial charge < -0.3 is 10.1 Å². The molecule has 118 valence electrons. The van der Waals surface area contributed by atoms with Gasteiger partial charge in [-0.25, -0.2) is 4.79 Å². The summed E-state index contributed by atoms with van der Waals surface area (Å²) in [7, 11) is 0. The van der Waals surface area contributed by atoms with Gasteiger partial charge in [-0.2, -0.15) is 10.2 Å². The lowest BCUT2D eigenvalue weighted by Crippen LogP contribution is -2.29. The smallest absolute Gasteiger partial charge is 0.339 e. The number of esters is 1. The molecular weight excluding hydrogens is 294 g/mol. The van der Waals surface area contributed by atoms with Crippen LogP contribution in [0.4, 0.5) is 0 Å². The Bertz CT molecular complexity index is 699. The lowest BCUT2D eigenvalue weighted by molar-refractivity contribution is -0.123. The summed E-state index contributed by atoms with van der Waals surface area (Å²) in [5, 5.41) is 10.9. The lowest BCUT2D eigenvalue weighted by Gasteiger charge is -2.12. The van der Waals surface area contributed by atoms with Crippen molar-refractivity contribution in [2.24, 2.45) is 10.2 Å². The minimum absolute atomic E-state index is 0.119. The molecule has 1 atom stereocenters. The summed E-state index contributed by atoms with van der Waals surface area (Å²) in [4.78, 5) is 23.8. The molecule has 0 aliphatic carbocycles. The summed E-state index contributed by atoms with van der Waals surface area (Å²) >= 11 is 0. The van der Waals surface area contributed by atoms with E-state index in [1.165, 1.54) is 0 Å². The van der Waals surface area contributed by atoms with E-state index < -0.39 is 11.8 Å². The van der Waals surface area contributed by atoms with Gasteiger partial charge >= 0.3 is 5.97 Å². The maximum atomic E-state index is 12.0. The molecule has 1 aromatic rings. The average molecular weight is 311 g/mol. The number of rotatable bonds is 7. The van der Waals surface area contributed by atoms with Crippen molar-refractivity contribution >= 4 is 11.9 Å². The predicted octanol–water partition coefficient (Wildman–Crippen LogP) is 2.37. The Hall–Kier alpha value is -2.68. The Balaban J connectivity index is 1.46. The van der Waals surface area contributed by atoms with Gasteiger partial charge in [0.1, 0.15) is 6.10 Å². The molecule has 0 saturated heterocycles. The summed E-state index contributed by atoms with van der Waals surface area (Å²) in [5.74, 6) is 2.04. The van der Waals surface area contributed by atoms with Gasteiger partial charge in [-0.05, 0) is 6.07 Å². The van der Waals surface area contributed by atoms with Gasteiger partial charge in [0, 0.05) is 31.4 Å². The first-order valence-corrected chi connectivity index (χ1v) is 7.58. The van der Waals surface area contributed by atoms with Gasteiger partial charge in [0.25, 0.3) is 0 Å². The normalized spacial score (nSPS) is 19.6. The number of hydrogen-bond acceptors (Lipinski definition) is 5. The van der Waals surface area contributed by atoms with Crippen molar-refractivity contribution in [2.75, 3.05) is 6.54 Å². The van der Waals surface area contributed by atoms with Crippen LogP contribution in [0, 0.1) is 12.3 Å². The Kier molecular flexibility index (Phi) is 4.11. The first kappa shape index (κ1) is 15.2. The maximum absolute atomic E-state index is 12.0. The first-order chi connectivity index (χ1) is 11.1. The summed E-state index contributed by atoms with van der Waals surface area (Å²) in [6.07, 6.45) is 6.82. The third-order valence-corrected chi connectivity index (χ3v) is 4.05. The van der Waals surface area contributed by atoms with E-state index in [-0.39, 0.29) is 18.3 Å². The van der Waals surface area contributed by atoms with Gasteiger partial charge in [0.15, 0.2) is 5.66 Å². The zero-order chi connectivity index (χ0) is 16.3. The molecule has 0 radical (unpaired) electrons. The zero-order valence-corrected chi connectivity index (χ0v) is 12.6. The monoisotopic (exact) mass is 311 g/mol. The molecule has 2 aliphatic heterocycles. The maximum Gasteiger partial charge on any atom is 0.339 e. The van der Waals surface area contributed by atoms with Crippen molar-refractivity contribution in [3.63, 3.8) is 0 Å².